The lowest BCUT2D eigenvalue weighted by molar-refractivity contribution is -0.887. The smallest absolute Gasteiger partial charge is 0.362 e. The highest BCUT2D eigenvalue weighted by molar-refractivity contribution is 5.72. The summed E-state index contributed by atoms with van der Waals surface area (Å²) in [4.78, 5) is 37.0. The molecule has 0 aromatic rings. The molecule has 0 radical (unpaired) electrons. The summed E-state index contributed by atoms with van der Waals surface area (Å²) in [5, 5.41) is 9.62. The first-order valence-corrected chi connectivity index (χ1v) is 23.2. The molecule has 324 valence electrons. The fraction of sp³-hybridized carbons (Fsp3) is 0.894. The van der Waals surface area contributed by atoms with Crippen molar-refractivity contribution in [3.8, 4) is 0 Å². The highest BCUT2D eigenvalue weighted by atomic mass is 16.6. The second kappa shape index (κ2) is 38.9. The Bertz CT molecular complexity index is 915. The average Bonchev–Trinajstić information content (AvgIpc) is 3.14. The van der Waals surface area contributed by atoms with Gasteiger partial charge in [-0.05, 0) is 38.5 Å². The molecule has 2 atom stereocenters. The van der Waals surface area contributed by atoms with Crippen LogP contribution >= 0.6 is 0 Å². The van der Waals surface area contributed by atoms with Crippen LogP contribution in [0.2, 0.25) is 0 Å². The third-order valence-corrected chi connectivity index (χ3v) is 10.7. The second-order valence-electron chi connectivity index (χ2n) is 17.0. The first-order valence-electron chi connectivity index (χ1n) is 23.2. The number of aliphatic carboxylic acids is 1. The van der Waals surface area contributed by atoms with Crippen LogP contribution < -0.4 is 0 Å². The summed E-state index contributed by atoms with van der Waals surface area (Å²) >= 11 is 0. The van der Waals surface area contributed by atoms with Gasteiger partial charge in [0.25, 0.3) is 0 Å². The van der Waals surface area contributed by atoms with E-state index in [0.717, 1.165) is 51.4 Å². The standard InChI is InChI=1S/C47H89NO7/c1-6-8-10-12-14-16-18-20-22-24-26-28-30-32-34-36-38-46(50)55-43(41-53-40-39-44(47(51)52)48(3,4)5)42-54-45(49)37-35-33-31-29-27-25-23-21-19-17-15-13-11-9-7-2/h22,24,43-44H,6-21,23,25-42H2,1-5H3/p+1/b24-22+. The molecule has 8 heteroatoms. The van der Waals surface area contributed by atoms with Gasteiger partial charge in [0.15, 0.2) is 12.1 Å². The predicted molar refractivity (Wildman–Crippen MR) is 229 cm³/mol. The van der Waals surface area contributed by atoms with Crippen LogP contribution in [0, 0.1) is 0 Å². The summed E-state index contributed by atoms with van der Waals surface area (Å²) in [5.74, 6) is -1.46. The molecule has 2 unspecified atom stereocenters. The molecule has 55 heavy (non-hydrogen) atoms. The number of esters is 2. The maximum Gasteiger partial charge on any atom is 0.362 e. The van der Waals surface area contributed by atoms with Crippen molar-refractivity contribution in [2.75, 3.05) is 41.0 Å². The van der Waals surface area contributed by atoms with Crippen LogP contribution in [0.5, 0.6) is 0 Å². The summed E-state index contributed by atoms with van der Waals surface area (Å²) in [5.41, 5.74) is 0. The van der Waals surface area contributed by atoms with Gasteiger partial charge >= 0.3 is 17.9 Å². The number of carboxylic acid groups (broad SMARTS) is 1. The third kappa shape index (κ3) is 37.4. The van der Waals surface area contributed by atoms with E-state index in [0.29, 0.717) is 19.3 Å². The van der Waals surface area contributed by atoms with Gasteiger partial charge in [0.1, 0.15) is 6.61 Å². The number of carbonyl (C=O) groups is 3. The monoisotopic (exact) mass is 781 g/mol. The summed E-state index contributed by atoms with van der Waals surface area (Å²) in [6, 6.07) is -0.611. The number of quaternary nitrogens is 1. The van der Waals surface area contributed by atoms with Crippen molar-refractivity contribution in [2.24, 2.45) is 0 Å². The zero-order chi connectivity index (χ0) is 40.7. The number of rotatable bonds is 42. The number of likely N-dealkylation sites (N-methyl/N-ethyl adjacent to an activating group) is 1. The molecule has 0 saturated heterocycles. The van der Waals surface area contributed by atoms with E-state index in [2.05, 4.69) is 26.0 Å². The van der Waals surface area contributed by atoms with Gasteiger partial charge in [-0.3, -0.25) is 9.59 Å². The molecule has 0 aromatic carbocycles. The Morgan fingerprint density at radius 1 is 0.527 bits per heavy atom. The summed E-state index contributed by atoms with van der Waals surface area (Å²) in [6.45, 7) is 4.75. The minimum atomic E-state index is -0.873. The molecule has 0 fully saturated rings. The number of hydrogen-bond acceptors (Lipinski definition) is 6. The number of carboxylic acids is 1. The van der Waals surface area contributed by atoms with Crippen LogP contribution in [0.1, 0.15) is 219 Å². The van der Waals surface area contributed by atoms with Crippen LogP contribution in [0.15, 0.2) is 12.2 Å². The predicted octanol–water partition coefficient (Wildman–Crippen LogP) is 12.7. The minimum absolute atomic E-state index is 0.0481. The van der Waals surface area contributed by atoms with Crippen molar-refractivity contribution < 1.29 is 38.2 Å². The SMILES string of the molecule is CCCCCCCCC/C=C/CCCCCCCC(=O)OC(COCCC(C(=O)O)[N+](C)(C)C)COC(=O)CCCCCCCCCCCCCCCCC. The zero-order valence-corrected chi connectivity index (χ0v) is 36.9. The molecule has 0 amide bonds. The van der Waals surface area contributed by atoms with E-state index in [1.54, 1.807) is 0 Å². The van der Waals surface area contributed by atoms with Crippen LogP contribution in [0.25, 0.3) is 0 Å². The van der Waals surface area contributed by atoms with Crippen molar-refractivity contribution in [3.63, 3.8) is 0 Å². The topological polar surface area (TPSA) is 99.1 Å². The largest absolute Gasteiger partial charge is 0.477 e. The molecule has 0 saturated carbocycles. The molecule has 1 N–H and O–H groups in total. The van der Waals surface area contributed by atoms with Crippen LogP contribution in [-0.2, 0) is 28.6 Å². The zero-order valence-electron chi connectivity index (χ0n) is 36.9. The van der Waals surface area contributed by atoms with Crippen LogP contribution in [0.3, 0.4) is 0 Å². The molecule has 0 aliphatic rings. The van der Waals surface area contributed by atoms with Crippen molar-refractivity contribution in [1.29, 1.82) is 0 Å². The van der Waals surface area contributed by atoms with Gasteiger partial charge in [-0.1, -0.05) is 174 Å². The third-order valence-electron chi connectivity index (χ3n) is 10.7. The van der Waals surface area contributed by atoms with Crippen molar-refractivity contribution in [1.82, 2.24) is 0 Å². The number of hydrogen-bond donors (Lipinski definition) is 1. The Morgan fingerprint density at radius 2 is 0.909 bits per heavy atom. The van der Waals surface area contributed by atoms with Crippen LogP contribution in [0.4, 0.5) is 0 Å². The Balaban J connectivity index is 4.30. The highest BCUT2D eigenvalue weighted by Gasteiger charge is 2.31. The second-order valence-corrected chi connectivity index (χ2v) is 17.0. The Hall–Kier alpha value is -1.93. The molecule has 0 aliphatic carbocycles. The average molecular weight is 781 g/mol. The number of carbonyl (C=O) groups excluding carboxylic acids is 2. The van der Waals surface area contributed by atoms with Gasteiger partial charge in [0, 0.05) is 19.3 Å². The fourth-order valence-electron chi connectivity index (χ4n) is 7.03. The lowest BCUT2D eigenvalue weighted by atomic mass is 10.0. The van der Waals surface area contributed by atoms with Gasteiger partial charge in [0.2, 0.25) is 0 Å². The van der Waals surface area contributed by atoms with E-state index in [1.165, 1.54) is 135 Å². The van der Waals surface area contributed by atoms with Gasteiger partial charge in [-0.25, -0.2) is 4.79 Å². The molecule has 0 aliphatic heterocycles. The van der Waals surface area contributed by atoms with Gasteiger partial charge < -0.3 is 23.8 Å². The Morgan fingerprint density at radius 3 is 1.31 bits per heavy atom. The molecule has 0 bridgehead atoms. The number of allylic oxidation sites excluding steroid dienone is 2. The normalized spacial score (nSPS) is 13.0. The van der Waals surface area contributed by atoms with E-state index in [1.807, 2.05) is 21.1 Å². The summed E-state index contributed by atoms with van der Waals surface area (Å²) < 4.78 is 17.3. The van der Waals surface area contributed by atoms with Crippen molar-refractivity contribution in [3.05, 3.63) is 12.2 Å². The molecular formula is C47H90NO7+. The van der Waals surface area contributed by atoms with Gasteiger partial charge in [0.05, 0.1) is 34.4 Å². The quantitative estimate of drug-likeness (QED) is 0.0285. The van der Waals surface area contributed by atoms with E-state index in [4.69, 9.17) is 14.2 Å². The van der Waals surface area contributed by atoms with Crippen LogP contribution in [-0.4, -0.2) is 80.6 Å². The number of unbranched alkanes of at least 4 members (excludes halogenated alkanes) is 26. The molecule has 0 heterocycles. The Kier molecular flexibility index (Phi) is 37.6. The first kappa shape index (κ1) is 53.1. The lowest BCUT2D eigenvalue weighted by Gasteiger charge is -2.31. The fourth-order valence-corrected chi connectivity index (χ4v) is 7.03. The molecule has 8 nitrogen and oxygen atoms in total. The number of nitrogens with zero attached hydrogens (tertiary/aromatic N) is 1. The van der Waals surface area contributed by atoms with Crippen molar-refractivity contribution in [2.45, 2.75) is 231 Å². The molecular weight excluding hydrogens is 691 g/mol. The summed E-state index contributed by atoms with van der Waals surface area (Å²) in [6.07, 6.45) is 41.0. The van der Waals surface area contributed by atoms with E-state index in [9.17, 15) is 19.5 Å². The number of ether oxygens (including phenoxy) is 3. The first-order chi connectivity index (χ1) is 26.6. The van der Waals surface area contributed by atoms with E-state index < -0.39 is 18.1 Å². The lowest BCUT2D eigenvalue weighted by Crippen LogP contribution is -2.50. The van der Waals surface area contributed by atoms with Crippen molar-refractivity contribution >= 4 is 17.9 Å². The minimum Gasteiger partial charge on any atom is -0.477 e. The van der Waals surface area contributed by atoms with E-state index >= 15 is 0 Å². The van der Waals surface area contributed by atoms with Gasteiger partial charge in [-0.15, -0.1) is 0 Å². The highest BCUT2D eigenvalue weighted by Crippen LogP contribution is 2.15. The molecule has 0 aromatic heterocycles. The molecule has 0 rings (SSSR count). The Labute approximate surface area is 339 Å². The maximum atomic E-state index is 12.7. The molecule has 0 spiro atoms. The van der Waals surface area contributed by atoms with E-state index in [-0.39, 0.29) is 36.2 Å². The van der Waals surface area contributed by atoms with Gasteiger partial charge in [-0.2, -0.15) is 0 Å². The maximum absolute atomic E-state index is 12.7. The summed E-state index contributed by atoms with van der Waals surface area (Å²) in [7, 11) is 5.53.